The van der Waals surface area contributed by atoms with Crippen LogP contribution in [0.4, 0.5) is 0 Å². The molecule has 23 heavy (non-hydrogen) atoms. The monoisotopic (exact) mass is 488 g/mol. The molecule has 0 saturated heterocycles. The molecule has 0 radical (unpaired) electrons. The van der Waals surface area contributed by atoms with Crippen LogP contribution >= 0.6 is 0 Å². The normalized spacial score (nSPS) is 17.3. The van der Waals surface area contributed by atoms with Crippen molar-refractivity contribution in [3.8, 4) is 0 Å². The van der Waals surface area contributed by atoms with E-state index in [2.05, 4.69) is 65.8 Å². The van der Waals surface area contributed by atoms with Crippen molar-refractivity contribution in [2.75, 3.05) is 0 Å². The van der Waals surface area contributed by atoms with Crippen LogP contribution in [0.15, 0.2) is 42.1 Å². The minimum absolute atomic E-state index is 0. The van der Waals surface area contributed by atoms with Gasteiger partial charge in [-0.3, -0.25) is 0 Å². The van der Waals surface area contributed by atoms with Crippen LogP contribution in [0.25, 0.3) is 0 Å². The molecular formula is C20H30F2Hf. The van der Waals surface area contributed by atoms with E-state index >= 15 is 0 Å². The largest absolute Gasteiger partial charge is 1.00 e. The van der Waals surface area contributed by atoms with Gasteiger partial charge in [0.15, 0.2) is 0 Å². The van der Waals surface area contributed by atoms with Gasteiger partial charge in [0.25, 0.3) is 0 Å². The first kappa shape index (κ1) is 22.7. The predicted octanol–water partition coefficient (Wildman–Crippen LogP) is 0.377. The van der Waals surface area contributed by atoms with Gasteiger partial charge in [0.05, 0.1) is 0 Å². The van der Waals surface area contributed by atoms with E-state index in [1.807, 2.05) is 6.66 Å². The zero-order chi connectivity index (χ0) is 15.7. The Morgan fingerprint density at radius 2 is 1.09 bits per heavy atom. The van der Waals surface area contributed by atoms with Gasteiger partial charge in [-0.05, 0) is 0 Å². The van der Waals surface area contributed by atoms with Crippen molar-refractivity contribution in [2.45, 2.75) is 67.2 Å². The van der Waals surface area contributed by atoms with E-state index < -0.39 is 22.9 Å². The van der Waals surface area contributed by atoms with Crippen LogP contribution in [0.3, 0.4) is 0 Å². The molecule has 0 aromatic carbocycles. The maximum Gasteiger partial charge on any atom is -1.00 e. The zero-order valence-electron chi connectivity index (χ0n) is 15.4. The van der Waals surface area contributed by atoms with Gasteiger partial charge in [0.2, 0.25) is 0 Å². The first-order valence-electron chi connectivity index (χ1n) is 8.18. The Labute approximate surface area is 152 Å². The standard InChI is InChI=1S/2C10H15.2FH.Hf/c2*1-10(2,3)8-9-6-4-5-7-9;;;/h2*4,6H,5,8H2,1-3H3;2*1H;/q;;;;+2/p-2. The fraction of sp³-hybridized carbons (Fsp3) is 0.600. The van der Waals surface area contributed by atoms with E-state index in [0.717, 1.165) is 0 Å². The van der Waals surface area contributed by atoms with Crippen LogP contribution in [0, 0.1) is 10.8 Å². The number of allylic oxidation sites excluding steroid dienone is 8. The van der Waals surface area contributed by atoms with Gasteiger partial charge < -0.3 is 9.41 Å². The molecule has 128 valence electrons. The molecule has 0 N–H and O–H groups in total. The Hall–Kier alpha value is -0.310. The second-order valence-electron chi connectivity index (χ2n) is 8.82. The second-order valence-corrected chi connectivity index (χ2v) is 14.1. The summed E-state index contributed by atoms with van der Waals surface area (Å²) in [5.74, 6) is 0. The van der Waals surface area contributed by atoms with Crippen LogP contribution in [0.5, 0.6) is 0 Å². The number of hydrogen-bond acceptors (Lipinski definition) is 0. The topological polar surface area (TPSA) is 0 Å². The van der Waals surface area contributed by atoms with E-state index in [4.69, 9.17) is 0 Å². The van der Waals surface area contributed by atoms with Crippen molar-refractivity contribution in [3.05, 3.63) is 42.1 Å². The minimum atomic E-state index is -0.805. The zero-order valence-corrected chi connectivity index (χ0v) is 19.0. The summed E-state index contributed by atoms with van der Waals surface area (Å²) in [6.45, 7) is 14.2. The van der Waals surface area contributed by atoms with Gasteiger partial charge in [0, 0.05) is 0 Å². The molecule has 0 saturated carbocycles. The molecule has 2 aliphatic carbocycles. The minimum Gasteiger partial charge on any atom is -1.00 e. The van der Waals surface area contributed by atoms with Gasteiger partial charge >= 0.3 is 143 Å². The fourth-order valence-electron chi connectivity index (χ4n) is 3.02. The Balaban J connectivity index is 0.00000242. The molecule has 0 heterocycles. The van der Waals surface area contributed by atoms with Gasteiger partial charge in [0.1, 0.15) is 0 Å². The molecule has 0 nitrogen and oxygen atoms in total. The third-order valence-corrected chi connectivity index (χ3v) is 9.74. The molecule has 0 aromatic rings. The molecule has 0 unspecified atom stereocenters. The summed E-state index contributed by atoms with van der Waals surface area (Å²) in [6, 6.07) is 0. The second kappa shape index (κ2) is 8.69. The smallest absolute Gasteiger partial charge is 1.00 e. The molecule has 0 aliphatic heterocycles. The third kappa shape index (κ3) is 7.41. The molecule has 0 fully saturated rings. The van der Waals surface area contributed by atoms with E-state index in [1.54, 1.807) is 11.1 Å². The van der Waals surface area contributed by atoms with E-state index in [9.17, 15) is 0 Å². The van der Waals surface area contributed by atoms with Crippen molar-refractivity contribution < 1.29 is 32.3 Å². The van der Waals surface area contributed by atoms with Crippen molar-refractivity contribution in [3.63, 3.8) is 0 Å². The van der Waals surface area contributed by atoms with E-state index in [0.29, 0.717) is 10.8 Å². The van der Waals surface area contributed by atoms with Crippen LogP contribution in [0.1, 0.15) is 67.2 Å². The van der Waals surface area contributed by atoms with Crippen LogP contribution in [-0.4, -0.2) is 0 Å². The van der Waals surface area contributed by atoms with Gasteiger partial charge in [-0.1, -0.05) is 0 Å². The average molecular weight is 487 g/mol. The van der Waals surface area contributed by atoms with Crippen molar-refractivity contribution in [1.82, 2.24) is 0 Å². The average Bonchev–Trinajstić information content (AvgIpc) is 2.86. The molecule has 0 aromatic heterocycles. The summed E-state index contributed by atoms with van der Waals surface area (Å²) < 4.78 is 3.71. The molecule has 0 atom stereocenters. The molecule has 3 heteroatoms. The number of halogens is 2. The summed E-state index contributed by atoms with van der Waals surface area (Å²) in [7, 11) is 0. The van der Waals surface area contributed by atoms with Crippen molar-refractivity contribution in [2.24, 2.45) is 10.8 Å². The number of rotatable bonds is 4. The maximum atomic E-state index is 2.42. The summed E-state index contributed by atoms with van der Waals surface area (Å²) in [5.41, 5.74) is 4.19. The predicted molar refractivity (Wildman–Crippen MR) is 89.7 cm³/mol. The SMILES string of the molecule is CC(C)(C)CC1=[C]([Hf+2][C]2=C(CC(C)(C)C)C=CC2)CC=C1.[F-].[F-]. The molecule has 0 amide bonds. The Morgan fingerprint density at radius 3 is 1.39 bits per heavy atom. The molecule has 2 aliphatic rings. The van der Waals surface area contributed by atoms with Crippen molar-refractivity contribution in [1.29, 1.82) is 0 Å². The van der Waals surface area contributed by atoms with Gasteiger partial charge in [-0.15, -0.1) is 0 Å². The van der Waals surface area contributed by atoms with Crippen LogP contribution in [-0.2, 0) is 22.9 Å². The fourth-order valence-corrected chi connectivity index (χ4v) is 8.30. The van der Waals surface area contributed by atoms with E-state index in [-0.39, 0.29) is 9.41 Å². The Kier molecular flexibility index (Phi) is 8.57. The summed E-state index contributed by atoms with van der Waals surface area (Å²) >= 11 is -0.805. The van der Waals surface area contributed by atoms with Crippen LogP contribution < -0.4 is 9.41 Å². The molecule has 0 spiro atoms. The first-order valence-corrected chi connectivity index (χ1v) is 11.8. The van der Waals surface area contributed by atoms with Gasteiger partial charge in [-0.2, -0.15) is 0 Å². The maximum absolute atomic E-state index is 2.42. The summed E-state index contributed by atoms with van der Waals surface area (Å²) in [6.07, 6.45) is 14.6. The van der Waals surface area contributed by atoms with Gasteiger partial charge in [-0.25, -0.2) is 0 Å². The molecular weight excluding hydrogens is 457 g/mol. The van der Waals surface area contributed by atoms with E-state index in [1.165, 1.54) is 25.7 Å². The summed E-state index contributed by atoms with van der Waals surface area (Å²) in [5, 5.41) is 0. The third-order valence-electron chi connectivity index (χ3n) is 3.80. The Bertz CT molecular complexity index is 475. The van der Waals surface area contributed by atoms with Crippen molar-refractivity contribution >= 4 is 0 Å². The van der Waals surface area contributed by atoms with Crippen LogP contribution in [0.2, 0.25) is 0 Å². The first-order chi connectivity index (χ1) is 9.64. The number of hydrogen-bond donors (Lipinski definition) is 0. The molecule has 2 rings (SSSR count). The molecule has 0 bridgehead atoms. The quantitative estimate of drug-likeness (QED) is 0.504. The summed E-state index contributed by atoms with van der Waals surface area (Å²) in [4.78, 5) is 0. The Morgan fingerprint density at radius 1 is 0.739 bits per heavy atom.